The number of ether oxygens (including phenoxy) is 1. The van der Waals surface area contributed by atoms with Crippen LogP contribution in [0.2, 0.25) is 0 Å². The van der Waals surface area contributed by atoms with Crippen molar-refractivity contribution >= 4 is 27.2 Å². The molecule has 5 rings (SSSR count). The highest BCUT2D eigenvalue weighted by atomic mass is 32.1. The number of thiophene rings is 1. The number of nitrogens with zero attached hydrogens (tertiary/aromatic N) is 4. The van der Waals surface area contributed by atoms with Crippen LogP contribution in [0, 0.1) is 0 Å². The lowest BCUT2D eigenvalue weighted by Crippen LogP contribution is -3.26. The Kier molecular flexibility index (Phi) is 3.79. The van der Waals surface area contributed by atoms with E-state index in [2.05, 4.69) is 25.9 Å². The van der Waals surface area contributed by atoms with Crippen molar-refractivity contribution in [3.05, 3.63) is 22.6 Å². The predicted octanol–water partition coefficient (Wildman–Crippen LogP) is -0.896. The minimum atomic E-state index is -0.136. The van der Waals surface area contributed by atoms with E-state index < -0.39 is 0 Å². The fraction of sp³-hybridized carbons (Fsp3) is 0.611. The second kappa shape index (κ2) is 5.95. The molecule has 0 unspecified atom stereocenters. The normalized spacial score (nSPS) is 25.7. The van der Waals surface area contributed by atoms with Crippen molar-refractivity contribution in [2.75, 3.05) is 33.2 Å². The van der Waals surface area contributed by atoms with E-state index in [0.717, 1.165) is 29.3 Å². The Morgan fingerprint density at radius 1 is 1.27 bits per heavy atom. The van der Waals surface area contributed by atoms with E-state index >= 15 is 0 Å². The van der Waals surface area contributed by atoms with Crippen molar-refractivity contribution < 1.29 is 14.5 Å². The Balaban J connectivity index is 1.54. The van der Waals surface area contributed by atoms with Gasteiger partial charge in [0, 0.05) is 11.3 Å². The highest BCUT2D eigenvalue weighted by Crippen LogP contribution is 2.39. The summed E-state index contributed by atoms with van der Waals surface area (Å²) in [5.41, 5.74) is 2.18. The SMILES string of the molecule is C[NH+]1CC[NH+](Cc2nc3c4c5c(sc4ncn3n2)COC(C)(C)C5)CC1. The van der Waals surface area contributed by atoms with E-state index in [4.69, 9.17) is 14.8 Å². The van der Waals surface area contributed by atoms with Gasteiger partial charge in [0.2, 0.25) is 5.82 Å². The first-order chi connectivity index (χ1) is 12.5. The molecule has 0 aromatic carbocycles. The van der Waals surface area contributed by atoms with E-state index in [0.29, 0.717) is 6.61 Å². The molecule has 138 valence electrons. The lowest BCUT2D eigenvalue weighted by atomic mass is 9.94. The quantitative estimate of drug-likeness (QED) is 0.611. The maximum Gasteiger partial charge on any atom is 0.206 e. The first kappa shape index (κ1) is 16.6. The van der Waals surface area contributed by atoms with Gasteiger partial charge in [-0.05, 0) is 19.4 Å². The van der Waals surface area contributed by atoms with E-state index in [9.17, 15) is 0 Å². The van der Waals surface area contributed by atoms with Gasteiger partial charge in [-0.25, -0.2) is 14.5 Å². The summed E-state index contributed by atoms with van der Waals surface area (Å²) >= 11 is 1.74. The highest BCUT2D eigenvalue weighted by Gasteiger charge is 2.31. The summed E-state index contributed by atoms with van der Waals surface area (Å²) in [6.07, 6.45) is 2.71. The Bertz CT molecular complexity index is 969. The molecule has 26 heavy (non-hydrogen) atoms. The number of hydrogen-bond acceptors (Lipinski definition) is 5. The average molecular weight is 375 g/mol. The summed E-state index contributed by atoms with van der Waals surface area (Å²) < 4.78 is 7.85. The summed E-state index contributed by atoms with van der Waals surface area (Å²) in [4.78, 5) is 15.1. The summed E-state index contributed by atoms with van der Waals surface area (Å²) in [6.45, 7) is 10.7. The zero-order chi connectivity index (χ0) is 17.9. The zero-order valence-electron chi connectivity index (χ0n) is 15.6. The Labute approximate surface area is 156 Å². The molecular weight excluding hydrogens is 348 g/mol. The molecular formula is C18H26N6OS+2. The number of aromatic nitrogens is 4. The van der Waals surface area contributed by atoms with Crippen molar-refractivity contribution in [3.8, 4) is 0 Å². The summed E-state index contributed by atoms with van der Waals surface area (Å²) in [5.74, 6) is 0.931. The molecule has 0 bridgehead atoms. The fourth-order valence-corrected chi connectivity index (χ4v) is 5.16. The predicted molar refractivity (Wildman–Crippen MR) is 99.8 cm³/mol. The largest absolute Gasteiger partial charge is 0.370 e. The number of fused-ring (bicyclic) bond motifs is 5. The second-order valence-corrected chi connectivity index (χ2v) is 9.42. The molecule has 7 nitrogen and oxygen atoms in total. The van der Waals surface area contributed by atoms with Gasteiger partial charge in [0.1, 0.15) is 43.9 Å². The number of quaternary nitrogens is 2. The number of hydrogen-bond donors (Lipinski definition) is 2. The third-order valence-electron chi connectivity index (χ3n) is 5.67. The Morgan fingerprint density at radius 3 is 2.88 bits per heavy atom. The van der Waals surface area contributed by atoms with Crippen molar-refractivity contribution in [3.63, 3.8) is 0 Å². The third kappa shape index (κ3) is 2.81. The molecule has 2 aliphatic rings. The van der Waals surface area contributed by atoms with Crippen LogP contribution < -0.4 is 9.80 Å². The van der Waals surface area contributed by atoms with Crippen molar-refractivity contribution in [2.45, 2.75) is 39.0 Å². The minimum absolute atomic E-state index is 0.136. The lowest BCUT2D eigenvalue weighted by Gasteiger charge is -2.30. The van der Waals surface area contributed by atoms with Crippen LogP contribution in [0.1, 0.15) is 30.1 Å². The second-order valence-electron chi connectivity index (χ2n) is 8.33. The molecule has 3 aromatic heterocycles. The van der Waals surface area contributed by atoms with Gasteiger partial charge in [-0.2, -0.15) is 0 Å². The Morgan fingerprint density at radius 2 is 2.08 bits per heavy atom. The molecule has 0 radical (unpaired) electrons. The Hall–Kier alpha value is -1.61. The first-order valence-electron chi connectivity index (χ1n) is 9.42. The van der Waals surface area contributed by atoms with Crippen molar-refractivity contribution in [2.24, 2.45) is 0 Å². The monoisotopic (exact) mass is 374 g/mol. The first-order valence-corrected chi connectivity index (χ1v) is 10.2. The van der Waals surface area contributed by atoms with E-state index in [1.165, 1.54) is 42.0 Å². The minimum Gasteiger partial charge on any atom is -0.370 e. The van der Waals surface area contributed by atoms with Crippen molar-refractivity contribution in [1.29, 1.82) is 0 Å². The lowest BCUT2D eigenvalue weighted by molar-refractivity contribution is -1.01. The van der Waals surface area contributed by atoms with Crippen LogP contribution in [0.4, 0.5) is 0 Å². The molecule has 1 saturated heterocycles. The number of nitrogens with one attached hydrogen (secondary N) is 2. The molecule has 5 heterocycles. The zero-order valence-corrected chi connectivity index (χ0v) is 16.4. The van der Waals surface area contributed by atoms with Crippen LogP contribution in [-0.4, -0.2) is 58.4 Å². The van der Waals surface area contributed by atoms with Crippen LogP contribution in [0.3, 0.4) is 0 Å². The van der Waals surface area contributed by atoms with Crippen LogP contribution in [0.25, 0.3) is 15.9 Å². The van der Waals surface area contributed by atoms with Crippen LogP contribution >= 0.6 is 11.3 Å². The van der Waals surface area contributed by atoms with Gasteiger partial charge in [0.25, 0.3) is 0 Å². The van der Waals surface area contributed by atoms with Gasteiger partial charge in [0.05, 0.1) is 24.6 Å². The summed E-state index contributed by atoms with van der Waals surface area (Å²) in [6, 6.07) is 0. The number of rotatable bonds is 2. The summed E-state index contributed by atoms with van der Waals surface area (Å²) in [7, 11) is 2.27. The van der Waals surface area contributed by atoms with Crippen molar-refractivity contribution in [1.82, 2.24) is 19.6 Å². The topological polar surface area (TPSA) is 61.2 Å². The molecule has 0 amide bonds. The van der Waals surface area contributed by atoms with Crippen LogP contribution in [0.15, 0.2) is 6.33 Å². The summed E-state index contributed by atoms with van der Waals surface area (Å²) in [5, 5.41) is 5.91. The fourth-order valence-electron chi connectivity index (χ4n) is 4.09. The van der Waals surface area contributed by atoms with Gasteiger partial charge in [-0.3, -0.25) is 0 Å². The van der Waals surface area contributed by atoms with Gasteiger partial charge in [-0.15, -0.1) is 16.4 Å². The van der Waals surface area contributed by atoms with E-state index in [-0.39, 0.29) is 5.60 Å². The molecule has 1 fully saturated rings. The maximum absolute atomic E-state index is 5.98. The van der Waals surface area contributed by atoms with Gasteiger partial charge >= 0.3 is 0 Å². The smallest absolute Gasteiger partial charge is 0.206 e. The number of likely N-dealkylation sites (N-methyl/N-ethyl adjacent to an activating group) is 1. The molecule has 2 N–H and O–H groups in total. The molecule has 8 heteroatoms. The third-order valence-corrected chi connectivity index (χ3v) is 6.78. The van der Waals surface area contributed by atoms with Gasteiger partial charge < -0.3 is 14.5 Å². The molecule has 0 aliphatic carbocycles. The van der Waals surface area contributed by atoms with Gasteiger partial charge in [0.15, 0.2) is 5.65 Å². The number of piperazine rings is 1. The highest BCUT2D eigenvalue weighted by molar-refractivity contribution is 7.19. The molecule has 0 atom stereocenters. The average Bonchev–Trinajstić information content (AvgIpc) is 3.16. The molecule has 2 aliphatic heterocycles. The van der Waals surface area contributed by atoms with E-state index in [1.807, 2.05) is 10.8 Å². The molecule has 3 aromatic rings. The van der Waals surface area contributed by atoms with Crippen LogP contribution in [-0.2, 0) is 24.3 Å². The van der Waals surface area contributed by atoms with Crippen LogP contribution in [0.5, 0.6) is 0 Å². The standard InChI is InChI=1S/C18H24N6OS/c1-18(2)8-12-13(10-25-18)26-17-15(12)16-20-14(21-24(16)11-19-17)9-23-6-4-22(3)5-7-23/h11H,4-10H2,1-3H3/p+2. The molecule has 0 saturated carbocycles. The van der Waals surface area contributed by atoms with E-state index in [1.54, 1.807) is 21.1 Å². The van der Waals surface area contributed by atoms with Gasteiger partial charge in [-0.1, -0.05) is 0 Å². The maximum atomic E-state index is 5.98. The molecule has 0 spiro atoms.